The fraction of sp³-hybridized carbons (Fsp3) is 0.0588. The Balaban J connectivity index is 1.93. The Hall–Kier alpha value is -2.72. The third-order valence-corrected chi connectivity index (χ3v) is 4.61. The summed E-state index contributed by atoms with van der Waals surface area (Å²) < 4.78 is 11.7. The second-order valence-corrected chi connectivity index (χ2v) is 7.12. The number of halogens is 2. The Morgan fingerprint density at radius 3 is 2.52 bits per heavy atom. The molecule has 1 N–H and O–H groups in total. The van der Waals surface area contributed by atoms with Gasteiger partial charge in [0, 0.05) is 19.1 Å². The molecule has 1 aliphatic rings. The van der Waals surface area contributed by atoms with Crippen molar-refractivity contribution in [3.63, 3.8) is 0 Å². The van der Waals surface area contributed by atoms with Crippen molar-refractivity contribution >= 4 is 61.2 Å². The number of carbonyl (C=O) groups excluding carboxylic acids is 2. The summed E-state index contributed by atoms with van der Waals surface area (Å²) in [4.78, 5) is 33.7. The van der Waals surface area contributed by atoms with Crippen molar-refractivity contribution in [1.82, 2.24) is 0 Å². The number of hydrogen-bond acceptors (Lipinski definition) is 6. The van der Waals surface area contributed by atoms with E-state index in [9.17, 15) is 19.7 Å². The molecule has 0 saturated carbocycles. The van der Waals surface area contributed by atoms with Crippen LogP contribution in [0.1, 0.15) is 12.5 Å². The van der Waals surface area contributed by atoms with E-state index in [2.05, 4.69) is 37.2 Å². The number of nitro groups is 1. The number of amides is 1. The molecule has 0 radical (unpaired) electrons. The first kappa shape index (κ1) is 19.1. The Morgan fingerprint density at radius 1 is 1.26 bits per heavy atom. The van der Waals surface area contributed by atoms with Crippen LogP contribution in [0.5, 0.6) is 11.5 Å². The Bertz CT molecular complexity index is 995. The van der Waals surface area contributed by atoms with E-state index in [0.29, 0.717) is 26.0 Å². The minimum Gasteiger partial charge on any atom is -0.449 e. The van der Waals surface area contributed by atoms with E-state index in [4.69, 9.17) is 9.47 Å². The number of nitrogens with zero attached hydrogens (tertiary/aromatic N) is 1. The minimum atomic E-state index is -0.558. The number of rotatable bonds is 3. The van der Waals surface area contributed by atoms with E-state index >= 15 is 0 Å². The number of benzene rings is 2. The lowest BCUT2D eigenvalue weighted by molar-refractivity contribution is -0.384. The normalized spacial score (nSPS) is 14.2. The Morgan fingerprint density at radius 2 is 1.93 bits per heavy atom. The number of anilines is 1. The third-order valence-electron chi connectivity index (χ3n) is 3.43. The summed E-state index contributed by atoms with van der Waals surface area (Å²) in [6.07, 6.45) is 1.49. The van der Waals surface area contributed by atoms with Crippen molar-refractivity contribution in [1.29, 1.82) is 0 Å². The summed E-state index contributed by atoms with van der Waals surface area (Å²) in [5.41, 5.74) is 0.665. The predicted octanol–water partition coefficient (Wildman–Crippen LogP) is 4.42. The molecule has 0 aliphatic carbocycles. The van der Waals surface area contributed by atoms with Gasteiger partial charge in [-0.25, -0.2) is 0 Å². The van der Waals surface area contributed by atoms with Crippen LogP contribution in [0.2, 0.25) is 0 Å². The molecule has 27 heavy (non-hydrogen) atoms. The first-order valence-corrected chi connectivity index (χ1v) is 9.00. The van der Waals surface area contributed by atoms with Crippen molar-refractivity contribution in [2.75, 3.05) is 5.32 Å². The SMILES string of the molecule is CC(=O)Oc1c(Br)cc(/C=C2\Oc3ccc([N+](=O)[O-])cc3NC2=O)cc1Br. The number of esters is 1. The quantitative estimate of drug-likeness (QED) is 0.221. The fourth-order valence-electron chi connectivity index (χ4n) is 2.32. The third kappa shape index (κ3) is 4.17. The second-order valence-electron chi connectivity index (χ2n) is 5.41. The van der Waals surface area contributed by atoms with E-state index in [1.165, 1.54) is 31.2 Å². The fourth-order valence-corrected chi connectivity index (χ4v) is 3.70. The lowest BCUT2D eigenvalue weighted by Gasteiger charge is -2.19. The van der Waals surface area contributed by atoms with Gasteiger partial charge in [0.1, 0.15) is 0 Å². The van der Waals surface area contributed by atoms with Gasteiger partial charge in [0.05, 0.1) is 19.6 Å². The van der Waals surface area contributed by atoms with Crippen molar-refractivity contribution < 1.29 is 24.0 Å². The van der Waals surface area contributed by atoms with Crippen LogP contribution in [-0.2, 0) is 9.59 Å². The van der Waals surface area contributed by atoms with E-state index < -0.39 is 16.8 Å². The maximum atomic E-state index is 12.3. The molecule has 1 heterocycles. The average molecular weight is 498 g/mol. The number of fused-ring (bicyclic) bond motifs is 1. The number of nitrogens with one attached hydrogen (secondary N) is 1. The Labute approximate surface area is 169 Å². The number of hydrogen-bond donors (Lipinski definition) is 1. The van der Waals surface area contributed by atoms with Crippen LogP contribution in [0.25, 0.3) is 6.08 Å². The maximum Gasteiger partial charge on any atom is 0.308 e. The van der Waals surface area contributed by atoms with Gasteiger partial charge in [-0.2, -0.15) is 0 Å². The number of nitro benzene ring substituents is 1. The molecule has 0 spiro atoms. The Kier molecular flexibility index (Phi) is 5.29. The van der Waals surface area contributed by atoms with Gasteiger partial charge in [0.2, 0.25) is 0 Å². The first-order valence-electron chi connectivity index (χ1n) is 7.41. The molecule has 2 aromatic carbocycles. The molecule has 10 heteroatoms. The topological polar surface area (TPSA) is 108 Å². The van der Waals surface area contributed by atoms with Crippen molar-refractivity contribution in [3.8, 4) is 11.5 Å². The van der Waals surface area contributed by atoms with Gasteiger partial charge in [-0.05, 0) is 61.7 Å². The van der Waals surface area contributed by atoms with E-state index in [-0.39, 0.29) is 17.1 Å². The standard InChI is InChI=1S/C17H10Br2N2O6/c1-8(22)26-16-11(18)4-9(5-12(16)19)6-15-17(23)20-13-7-10(21(24)25)2-3-14(13)27-15/h2-7H,1H3,(H,20,23)/b15-6-. The lowest BCUT2D eigenvalue weighted by Crippen LogP contribution is -2.23. The molecule has 0 atom stereocenters. The van der Waals surface area contributed by atoms with Gasteiger partial charge in [-0.1, -0.05) is 0 Å². The summed E-state index contributed by atoms with van der Waals surface area (Å²) in [6.45, 7) is 1.29. The highest BCUT2D eigenvalue weighted by Crippen LogP contribution is 2.37. The summed E-state index contributed by atoms with van der Waals surface area (Å²) in [5, 5.41) is 13.4. The molecule has 3 rings (SSSR count). The molecular formula is C17H10Br2N2O6. The largest absolute Gasteiger partial charge is 0.449 e. The molecule has 8 nitrogen and oxygen atoms in total. The van der Waals surface area contributed by atoms with E-state index in [1.54, 1.807) is 12.1 Å². The lowest BCUT2D eigenvalue weighted by atomic mass is 10.1. The summed E-state index contributed by atoms with van der Waals surface area (Å²) in [6, 6.07) is 7.23. The molecule has 2 aromatic rings. The molecule has 0 unspecified atom stereocenters. The summed E-state index contributed by atoms with van der Waals surface area (Å²) in [7, 11) is 0. The molecule has 0 fully saturated rings. The van der Waals surface area contributed by atoms with Gasteiger partial charge >= 0.3 is 5.97 Å². The number of ether oxygens (including phenoxy) is 2. The molecule has 0 aromatic heterocycles. The van der Waals surface area contributed by atoms with Crippen molar-refractivity contribution in [2.45, 2.75) is 6.92 Å². The van der Waals surface area contributed by atoms with Crippen LogP contribution in [0.4, 0.5) is 11.4 Å². The van der Waals surface area contributed by atoms with Crippen molar-refractivity contribution in [3.05, 3.63) is 60.7 Å². The predicted molar refractivity (Wildman–Crippen MR) is 103 cm³/mol. The molecule has 138 valence electrons. The van der Waals surface area contributed by atoms with Gasteiger partial charge in [-0.15, -0.1) is 0 Å². The number of non-ortho nitro benzene ring substituents is 1. The number of carbonyl (C=O) groups is 2. The van der Waals surface area contributed by atoms with Crippen LogP contribution >= 0.6 is 31.9 Å². The van der Waals surface area contributed by atoms with Gasteiger partial charge < -0.3 is 14.8 Å². The smallest absolute Gasteiger partial charge is 0.308 e. The first-order chi connectivity index (χ1) is 12.7. The van der Waals surface area contributed by atoms with Crippen LogP contribution in [0, 0.1) is 10.1 Å². The van der Waals surface area contributed by atoms with E-state index in [1.807, 2.05) is 0 Å². The zero-order chi connectivity index (χ0) is 19.7. The van der Waals surface area contributed by atoms with Crippen LogP contribution < -0.4 is 14.8 Å². The molecule has 1 aliphatic heterocycles. The van der Waals surface area contributed by atoms with Gasteiger partial charge in [-0.3, -0.25) is 19.7 Å². The zero-order valence-corrected chi connectivity index (χ0v) is 16.8. The highest BCUT2D eigenvalue weighted by molar-refractivity contribution is 9.11. The zero-order valence-electron chi connectivity index (χ0n) is 13.6. The highest BCUT2D eigenvalue weighted by Gasteiger charge is 2.24. The van der Waals surface area contributed by atoms with Crippen LogP contribution in [-0.4, -0.2) is 16.8 Å². The van der Waals surface area contributed by atoms with Crippen LogP contribution in [0.3, 0.4) is 0 Å². The molecular weight excluding hydrogens is 488 g/mol. The second kappa shape index (κ2) is 7.49. The maximum absolute atomic E-state index is 12.3. The van der Waals surface area contributed by atoms with Crippen molar-refractivity contribution in [2.24, 2.45) is 0 Å². The summed E-state index contributed by atoms with van der Waals surface area (Å²) in [5.74, 6) is -0.393. The average Bonchev–Trinajstić information content (AvgIpc) is 2.58. The van der Waals surface area contributed by atoms with Crippen LogP contribution in [0.15, 0.2) is 45.0 Å². The summed E-state index contributed by atoms with van der Waals surface area (Å²) >= 11 is 6.62. The molecule has 1 amide bonds. The van der Waals surface area contributed by atoms with Gasteiger partial charge in [0.25, 0.3) is 11.6 Å². The minimum absolute atomic E-state index is 0.00962. The highest BCUT2D eigenvalue weighted by atomic mass is 79.9. The molecule has 0 bridgehead atoms. The van der Waals surface area contributed by atoms with E-state index in [0.717, 1.165) is 0 Å². The monoisotopic (exact) mass is 496 g/mol. The van der Waals surface area contributed by atoms with Gasteiger partial charge in [0.15, 0.2) is 17.3 Å². The molecule has 0 saturated heterocycles.